The molecule has 0 heterocycles. The minimum absolute atomic E-state index is 0.0487. The van der Waals surface area contributed by atoms with Crippen molar-refractivity contribution in [2.75, 3.05) is 18.8 Å². The summed E-state index contributed by atoms with van der Waals surface area (Å²) in [6.45, 7) is 3.56. The molecule has 0 rings (SSSR count). The van der Waals surface area contributed by atoms with Gasteiger partial charge in [-0.15, -0.1) is 0 Å². The first-order valence-electron chi connectivity index (χ1n) is 6.10. The molecule has 0 unspecified atom stereocenters. The zero-order valence-electron chi connectivity index (χ0n) is 12.4. The molecule has 0 saturated carbocycles. The Bertz CT molecular complexity index is 432. The molecule has 0 aliphatic rings. The molecular formula is C11H18F3N3O5S. The lowest BCUT2D eigenvalue weighted by atomic mass is 10.3. The van der Waals surface area contributed by atoms with Gasteiger partial charge in [-0.25, -0.2) is 4.79 Å². The number of aliphatic carboxylic acids is 1. The third-order valence-corrected chi connectivity index (χ3v) is 2.75. The molecule has 2 amide bonds. The van der Waals surface area contributed by atoms with E-state index in [1.807, 2.05) is 0 Å². The summed E-state index contributed by atoms with van der Waals surface area (Å²) in [6, 6.07) is -0.410. The van der Waals surface area contributed by atoms with Crippen LogP contribution in [0.2, 0.25) is 0 Å². The van der Waals surface area contributed by atoms with Gasteiger partial charge in [-0.05, 0) is 6.92 Å². The van der Waals surface area contributed by atoms with E-state index in [9.17, 15) is 27.6 Å². The van der Waals surface area contributed by atoms with Crippen LogP contribution in [-0.2, 0) is 19.2 Å². The number of rotatable bonds is 7. The third kappa shape index (κ3) is 16.4. The van der Waals surface area contributed by atoms with Gasteiger partial charge in [0.25, 0.3) is 0 Å². The van der Waals surface area contributed by atoms with Crippen molar-refractivity contribution in [2.24, 2.45) is 5.73 Å². The van der Waals surface area contributed by atoms with Crippen molar-refractivity contribution < 1.29 is 37.5 Å². The van der Waals surface area contributed by atoms with E-state index in [1.54, 1.807) is 6.92 Å². The molecule has 0 saturated heterocycles. The van der Waals surface area contributed by atoms with Gasteiger partial charge in [0.1, 0.15) is 0 Å². The predicted octanol–water partition coefficient (Wildman–Crippen LogP) is -0.521. The minimum atomic E-state index is -5.08. The number of carboxylic acids is 1. The average Bonchev–Trinajstić information content (AvgIpc) is 2.39. The monoisotopic (exact) mass is 361 g/mol. The number of nitrogens with two attached hydrogens (primary N) is 1. The average molecular weight is 361 g/mol. The molecule has 0 aromatic heterocycles. The summed E-state index contributed by atoms with van der Waals surface area (Å²) in [5, 5.41) is 12.5. The summed E-state index contributed by atoms with van der Waals surface area (Å²) in [7, 11) is 0. The molecule has 0 aromatic rings. The first kappa shape index (κ1) is 23.4. The first-order valence-corrected chi connectivity index (χ1v) is 7.09. The van der Waals surface area contributed by atoms with Crippen molar-refractivity contribution in [1.29, 1.82) is 0 Å². The fourth-order valence-electron chi connectivity index (χ4n) is 0.890. The van der Waals surface area contributed by atoms with Crippen LogP contribution in [-0.4, -0.2) is 59.1 Å². The SMILES string of the molecule is CC(=O)SCCN[C@@H](C)C(=O)NCC(N)=O.O=C(O)C(F)(F)F. The topological polar surface area (TPSA) is 139 Å². The minimum Gasteiger partial charge on any atom is -0.475 e. The Kier molecular flexibility index (Phi) is 11.9. The number of carboxylic acid groups (broad SMARTS) is 1. The van der Waals surface area contributed by atoms with Gasteiger partial charge in [-0.2, -0.15) is 13.2 Å². The van der Waals surface area contributed by atoms with Crippen LogP contribution in [0.25, 0.3) is 0 Å². The van der Waals surface area contributed by atoms with Crippen LogP contribution in [0.5, 0.6) is 0 Å². The van der Waals surface area contributed by atoms with E-state index in [2.05, 4.69) is 10.6 Å². The van der Waals surface area contributed by atoms with Crippen molar-refractivity contribution in [2.45, 2.75) is 26.1 Å². The van der Waals surface area contributed by atoms with Gasteiger partial charge in [0.2, 0.25) is 11.8 Å². The normalized spacial score (nSPS) is 11.7. The van der Waals surface area contributed by atoms with Crippen LogP contribution >= 0.6 is 11.8 Å². The summed E-state index contributed by atoms with van der Waals surface area (Å²) in [4.78, 5) is 41.2. The van der Waals surface area contributed by atoms with Crippen molar-refractivity contribution in [3.63, 3.8) is 0 Å². The lowest BCUT2D eigenvalue weighted by Gasteiger charge is -2.12. The molecule has 0 spiro atoms. The van der Waals surface area contributed by atoms with E-state index in [0.29, 0.717) is 12.3 Å². The molecule has 0 bridgehead atoms. The Morgan fingerprint density at radius 1 is 1.26 bits per heavy atom. The lowest BCUT2D eigenvalue weighted by Crippen LogP contribution is -2.45. The maximum Gasteiger partial charge on any atom is 0.490 e. The molecule has 0 fully saturated rings. The maximum absolute atomic E-state index is 11.3. The van der Waals surface area contributed by atoms with Crippen molar-refractivity contribution in [3.8, 4) is 0 Å². The zero-order chi connectivity index (χ0) is 18.6. The summed E-state index contributed by atoms with van der Waals surface area (Å²) >= 11 is 1.20. The first-order chi connectivity index (χ1) is 10.4. The van der Waals surface area contributed by atoms with E-state index in [4.69, 9.17) is 15.6 Å². The second-order valence-corrected chi connectivity index (χ2v) is 5.27. The van der Waals surface area contributed by atoms with Crippen LogP contribution in [0, 0.1) is 0 Å². The summed E-state index contributed by atoms with van der Waals surface area (Å²) in [6.07, 6.45) is -5.08. The molecule has 0 aliphatic carbocycles. The molecule has 5 N–H and O–H groups in total. The largest absolute Gasteiger partial charge is 0.490 e. The Morgan fingerprint density at radius 3 is 2.09 bits per heavy atom. The predicted molar refractivity (Wildman–Crippen MR) is 76.5 cm³/mol. The van der Waals surface area contributed by atoms with Gasteiger partial charge in [0.05, 0.1) is 12.6 Å². The standard InChI is InChI=1S/C9H17N3O3S.C2HF3O2/c1-6(9(15)12-5-8(10)14)11-3-4-16-7(2)13;3-2(4,5)1(6)7/h6,11H,3-5H2,1-2H3,(H2,10,14)(H,12,15);(H,6,7)/t6-;/m0./s1. The van der Waals surface area contributed by atoms with Gasteiger partial charge < -0.3 is 21.5 Å². The number of nitrogens with one attached hydrogen (secondary N) is 2. The van der Waals surface area contributed by atoms with Gasteiger partial charge in [0, 0.05) is 19.2 Å². The van der Waals surface area contributed by atoms with Crippen LogP contribution in [0.3, 0.4) is 0 Å². The smallest absolute Gasteiger partial charge is 0.475 e. The highest BCUT2D eigenvalue weighted by atomic mass is 32.2. The van der Waals surface area contributed by atoms with E-state index >= 15 is 0 Å². The third-order valence-electron chi connectivity index (χ3n) is 1.93. The number of thioether (sulfide) groups is 1. The molecule has 0 radical (unpaired) electrons. The highest BCUT2D eigenvalue weighted by Gasteiger charge is 2.38. The van der Waals surface area contributed by atoms with Gasteiger partial charge >= 0.3 is 12.1 Å². The molecule has 134 valence electrons. The van der Waals surface area contributed by atoms with E-state index in [0.717, 1.165) is 0 Å². The number of carbonyl (C=O) groups excluding carboxylic acids is 3. The Morgan fingerprint density at radius 2 is 1.74 bits per heavy atom. The summed E-state index contributed by atoms with van der Waals surface area (Å²) < 4.78 is 31.7. The molecule has 1 atom stereocenters. The second kappa shape index (κ2) is 11.7. The number of amides is 2. The number of carbonyl (C=O) groups is 4. The highest BCUT2D eigenvalue weighted by molar-refractivity contribution is 8.13. The Labute approximate surface area is 134 Å². The molecule has 23 heavy (non-hydrogen) atoms. The van der Waals surface area contributed by atoms with E-state index in [1.165, 1.54) is 18.7 Å². The number of alkyl halides is 3. The molecule has 12 heteroatoms. The summed E-state index contributed by atoms with van der Waals surface area (Å²) in [5.41, 5.74) is 4.88. The zero-order valence-corrected chi connectivity index (χ0v) is 13.2. The van der Waals surface area contributed by atoms with Crippen molar-refractivity contribution in [3.05, 3.63) is 0 Å². The summed E-state index contributed by atoms with van der Waals surface area (Å²) in [5.74, 6) is -3.00. The van der Waals surface area contributed by atoms with Crippen molar-refractivity contribution in [1.82, 2.24) is 10.6 Å². The Balaban J connectivity index is 0. The molecule has 8 nitrogen and oxygen atoms in total. The lowest BCUT2D eigenvalue weighted by molar-refractivity contribution is -0.192. The van der Waals surface area contributed by atoms with E-state index in [-0.39, 0.29) is 17.6 Å². The molecular weight excluding hydrogens is 343 g/mol. The number of hydrogen-bond donors (Lipinski definition) is 4. The van der Waals surface area contributed by atoms with Crippen LogP contribution in [0.1, 0.15) is 13.8 Å². The van der Waals surface area contributed by atoms with Gasteiger partial charge in [0.15, 0.2) is 5.12 Å². The van der Waals surface area contributed by atoms with E-state index < -0.39 is 24.1 Å². The molecule has 0 aromatic carbocycles. The molecule has 0 aliphatic heterocycles. The highest BCUT2D eigenvalue weighted by Crippen LogP contribution is 2.13. The number of primary amides is 1. The number of halogens is 3. The van der Waals surface area contributed by atoms with Crippen LogP contribution in [0.15, 0.2) is 0 Å². The fraction of sp³-hybridized carbons (Fsp3) is 0.636. The quantitative estimate of drug-likeness (QED) is 0.448. The van der Waals surface area contributed by atoms with Gasteiger partial charge in [-0.1, -0.05) is 11.8 Å². The Hall–Kier alpha value is -1.82. The second-order valence-electron chi connectivity index (χ2n) is 4.00. The van der Waals surface area contributed by atoms with Crippen LogP contribution < -0.4 is 16.4 Å². The van der Waals surface area contributed by atoms with Crippen molar-refractivity contribution >= 4 is 34.7 Å². The maximum atomic E-state index is 11.3. The van der Waals surface area contributed by atoms with Gasteiger partial charge in [-0.3, -0.25) is 14.4 Å². The number of hydrogen-bond acceptors (Lipinski definition) is 6. The van der Waals surface area contributed by atoms with Crippen LogP contribution in [0.4, 0.5) is 13.2 Å². The fourth-order valence-corrected chi connectivity index (χ4v) is 1.40.